The molecule has 1 aromatic carbocycles. The summed E-state index contributed by atoms with van der Waals surface area (Å²) in [5.74, 6) is 1.53. The summed E-state index contributed by atoms with van der Waals surface area (Å²) >= 11 is 0. The van der Waals surface area contributed by atoms with E-state index in [4.69, 9.17) is 9.47 Å². The molecule has 2 heterocycles. The molecule has 0 fully saturated rings. The zero-order valence-corrected chi connectivity index (χ0v) is 15.6. The molecule has 0 amide bonds. The molecule has 0 aromatic heterocycles. The summed E-state index contributed by atoms with van der Waals surface area (Å²) in [5, 5.41) is 2.42. The summed E-state index contributed by atoms with van der Waals surface area (Å²) in [4.78, 5) is 11.3. The minimum Gasteiger partial charge on any atom is -0.497 e. The number of rotatable bonds is 6. The molecule has 1 unspecified atom stereocenters. The summed E-state index contributed by atoms with van der Waals surface area (Å²) < 4.78 is 11.0. The average Bonchev–Trinajstić information content (AvgIpc) is 3.14. The van der Waals surface area contributed by atoms with Crippen LogP contribution in [0, 0.1) is 0 Å². The maximum Gasteiger partial charge on any atom is 0.269 e. The Kier molecular flexibility index (Phi) is 5.70. The fourth-order valence-corrected chi connectivity index (χ4v) is 7.30. The van der Waals surface area contributed by atoms with E-state index < -0.39 is 0 Å². The number of amidine groups is 1. The van der Waals surface area contributed by atoms with Crippen LogP contribution in [-0.4, -0.2) is 40.6 Å². The third-order valence-electron chi connectivity index (χ3n) is 3.06. The molecule has 0 saturated heterocycles. The van der Waals surface area contributed by atoms with Crippen LogP contribution in [0.4, 0.5) is 0 Å². The maximum absolute atomic E-state index is 5.82. The quantitative estimate of drug-likeness (QED) is 0.422. The Balaban J connectivity index is 1.66. The zero-order chi connectivity index (χ0) is 16.9. The third-order valence-corrected chi connectivity index (χ3v) is 8.56. The van der Waals surface area contributed by atoms with E-state index in [1.165, 1.54) is 0 Å². The molecule has 0 radical (unpaired) electrons. The fraction of sp³-hybridized carbons (Fsp3) is 0.188. The molecule has 0 aliphatic carbocycles. The van der Waals surface area contributed by atoms with Gasteiger partial charge in [-0.25, -0.2) is 0 Å². The Morgan fingerprint density at radius 3 is 2.33 bits per heavy atom. The topological polar surface area (TPSA) is 46.4 Å². The van der Waals surface area contributed by atoms with Crippen LogP contribution >= 0.6 is 30.1 Å². The lowest BCUT2D eigenvalue weighted by Gasteiger charge is -2.20. The molecule has 3 rings (SSSR count). The van der Waals surface area contributed by atoms with Gasteiger partial charge in [0.15, 0.2) is 5.17 Å². The van der Waals surface area contributed by atoms with Crippen LogP contribution in [0.25, 0.3) is 0 Å². The second kappa shape index (κ2) is 7.96. The number of benzene rings is 1. The van der Waals surface area contributed by atoms with Crippen molar-refractivity contribution in [2.75, 3.05) is 20.2 Å². The highest BCUT2D eigenvalue weighted by Crippen LogP contribution is 2.53. The van der Waals surface area contributed by atoms with Crippen LogP contribution in [-0.2, 0) is 0 Å². The van der Waals surface area contributed by atoms with Crippen molar-refractivity contribution < 1.29 is 9.47 Å². The van der Waals surface area contributed by atoms with Crippen molar-refractivity contribution in [2.45, 2.75) is 0 Å². The molecule has 24 heavy (non-hydrogen) atoms. The van der Waals surface area contributed by atoms with Gasteiger partial charge < -0.3 is 14.4 Å². The van der Waals surface area contributed by atoms with Gasteiger partial charge in [0.2, 0.25) is 5.11 Å². The second-order valence-electron chi connectivity index (χ2n) is 4.72. The molecule has 0 saturated carbocycles. The first-order valence-corrected chi connectivity index (χ1v) is 11.1. The van der Waals surface area contributed by atoms with Crippen LogP contribution in [0.3, 0.4) is 0 Å². The Hall–Kier alpha value is -1.64. The summed E-state index contributed by atoms with van der Waals surface area (Å²) in [7, 11) is 4.80. The molecule has 0 spiro atoms. The first-order valence-electron chi connectivity index (χ1n) is 7.17. The van der Waals surface area contributed by atoms with E-state index in [0.717, 1.165) is 34.9 Å². The molecule has 126 valence electrons. The molecule has 0 bridgehead atoms. The highest BCUT2D eigenvalue weighted by molar-refractivity contribution is 9.20. The van der Waals surface area contributed by atoms with Gasteiger partial charge in [0.25, 0.3) is 5.23 Å². The van der Waals surface area contributed by atoms with Gasteiger partial charge in [0.05, 0.1) is 7.11 Å². The molecule has 1 aromatic rings. The van der Waals surface area contributed by atoms with Crippen molar-refractivity contribution in [3.8, 4) is 11.5 Å². The monoisotopic (exact) mass is 379 g/mol. The van der Waals surface area contributed by atoms with Crippen LogP contribution in [0.15, 0.2) is 59.6 Å². The van der Waals surface area contributed by atoms with Gasteiger partial charge in [-0.2, -0.15) is 9.98 Å². The summed E-state index contributed by atoms with van der Waals surface area (Å²) in [5.41, 5.74) is 0. The highest BCUT2D eigenvalue weighted by Gasteiger charge is 2.29. The largest absolute Gasteiger partial charge is 0.497 e. The molecular weight excluding hydrogens is 362 g/mol. The fourth-order valence-electron chi connectivity index (χ4n) is 1.97. The average molecular weight is 380 g/mol. The molecule has 0 N–H and O–H groups in total. The Morgan fingerprint density at radius 1 is 1.08 bits per heavy atom. The van der Waals surface area contributed by atoms with Gasteiger partial charge >= 0.3 is 0 Å². The number of hydrogen-bond acceptors (Lipinski definition) is 7. The van der Waals surface area contributed by atoms with E-state index in [1.54, 1.807) is 28.7 Å². The number of methoxy groups -OCH3 is 1. The predicted octanol–water partition coefficient (Wildman–Crippen LogP) is 4.14. The predicted molar refractivity (Wildman–Crippen MR) is 108 cm³/mol. The minimum absolute atomic E-state index is 0.153. The molecule has 2 aliphatic rings. The number of ether oxygens (including phenoxy) is 2. The minimum atomic E-state index is -0.153. The van der Waals surface area contributed by atoms with Gasteiger partial charge in [0, 0.05) is 23.9 Å². The van der Waals surface area contributed by atoms with Gasteiger partial charge in [-0.05, 0) is 43.6 Å². The van der Waals surface area contributed by atoms with Crippen molar-refractivity contribution in [2.24, 2.45) is 9.98 Å². The summed E-state index contributed by atoms with van der Waals surface area (Å²) in [6.07, 6.45) is 3.73. The second-order valence-corrected chi connectivity index (χ2v) is 10.2. The first kappa shape index (κ1) is 17.2. The van der Waals surface area contributed by atoms with Crippen molar-refractivity contribution in [1.82, 2.24) is 4.90 Å². The lowest BCUT2D eigenvalue weighted by molar-refractivity contribution is 0.414. The van der Waals surface area contributed by atoms with Crippen molar-refractivity contribution >= 4 is 45.6 Å². The third kappa shape index (κ3) is 3.88. The number of aliphatic imine (C=N–C) groups is 2. The van der Waals surface area contributed by atoms with E-state index in [0.29, 0.717) is 5.23 Å². The zero-order valence-electron chi connectivity index (χ0n) is 13.2. The first-order chi connectivity index (χ1) is 11.7. The lowest BCUT2D eigenvalue weighted by atomic mass is 10.3. The molecule has 2 aliphatic heterocycles. The van der Waals surface area contributed by atoms with Crippen LogP contribution in [0.2, 0.25) is 0 Å². The normalized spacial score (nSPS) is 18.5. The molecule has 1 atom stereocenters. The van der Waals surface area contributed by atoms with Crippen LogP contribution < -0.4 is 9.47 Å². The maximum atomic E-state index is 5.82. The lowest BCUT2D eigenvalue weighted by Crippen LogP contribution is -2.28. The SMILES string of the molecule is C=CCN(CC=C)C1=NC2=S(SC(Oc3ccc(OC)cc3)=N2)S1. The van der Waals surface area contributed by atoms with Gasteiger partial charge in [-0.15, -0.1) is 13.2 Å². The number of hydrogen-bond donors (Lipinski definition) is 0. The molecular formula is C16H17N3O2S3. The van der Waals surface area contributed by atoms with Gasteiger partial charge in [0.1, 0.15) is 11.5 Å². The standard InChI is InChI=1S/C16H17N3O2S3/c1-4-10-19(11-5-2)15-17-14-18-16(23-24(14)22-15)21-13-8-6-12(20-3)7-9-13/h4-9H,1-2,10-11H2,3H3. The van der Waals surface area contributed by atoms with Crippen molar-refractivity contribution in [3.05, 3.63) is 49.6 Å². The molecule has 5 nitrogen and oxygen atoms in total. The van der Waals surface area contributed by atoms with Crippen LogP contribution in [0.5, 0.6) is 11.5 Å². The van der Waals surface area contributed by atoms with E-state index in [1.807, 2.05) is 36.4 Å². The smallest absolute Gasteiger partial charge is 0.269 e. The highest BCUT2D eigenvalue weighted by atomic mass is 33.5. The van der Waals surface area contributed by atoms with Gasteiger partial charge in [-0.1, -0.05) is 12.2 Å². The van der Waals surface area contributed by atoms with Crippen molar-refractivity contribution in [3.63, 3.8) is 0 Å². The van der Waals surface area contributed by atoms with E-state index in [9.17, 15) is 0 Å². The Bertz CT molecular complexity index is 731. The summed E-state index contributed by atoms with van der Waals surface area (Å²) in [6.45, 7) is 9.07. The Labute approximate surface area is 151 Å². The van der Waals surface area contributed by atoms with Crippen LogP contribution in [0.1, 0.15) is 0 Å². The van der Waals surface area contributed by atoms with Gasteiger partial charge in [-0.3, -0.25) is 0 Å². The Morgan fingerprint density at radius 2 is 1.75 bits per heavy atom. The van der Waals surface area contributed by atoms with Crippen molar-refractivity contribution in [1.29, 1.82) is 0 Å². The van der Waals surface area contributed by atoms with E-state index >= 15 is 0 Å². The number of nitrogens with zero attached hydrogens (tertiary/aromatic N) is 3. The van der Waals surface area contributed by atoms with E-state index in [-0.39, 0.29) is 8.55 Å². The molecule has 8 heteroatoms. The summed E-state index contributed by atoms with van der Waals surface area (Å²) in [6, 6.07) is 7.45. The van der Waals surface area contributed by atoms with E-state index in [2.05, 4.69) is 28.0 Å².